The summed E-state index contributed by atoms with van der Waals surface area (Å²) in [5.41, 5.74) is 0.957. The highest BCUT2D eigenvalue weighted by atomic mass is 35.5. The molecule has 0 aliphatic heterocycles. The molecule has 0 N–H and O–H groups in total. The minimum atomic E-state index is -0.294. The van der Waals surface area contributed by atoms with Crippen molar-refractivity contribution in [2.24, 2.45) is 0 Å². The lowest BCUT2D eigenvalue weighted by atomic mass is 10.2. The lowest BCUT2D eigenvalue weighted by Crippen LogP contribution is -2.10. The van der Waals surface area contributed by atoms with Gasteiger partial charge in [0.05, 0.1) is 13.2 Å². The van der Waals surface area contributed by atoms with Crippen molar-refractivity contribution < 1.29 is 19.1 Å². The van der Waals surface area contributed by atoms with Gasteiger partial charge in [0, 0.05) is 24.3 Å². The second-order valence-electron chi connectivity index (χ2n) is 5.70. The van der Waals surface area contributed by atoms with E-state index in [4.69, 9.17) is 21.1 Å². The van der Waals surface area contributed by atoms with E-state index in [0.29, 0.717) is 31.1 Å². The smallest absolute Gasteiger partial charge is 0.305 e. The average molecular weight is 355 g/mol. The van der Waals surface area contributed by atoms with Gasteiger partial charge >= 0.3 is 11.9 Å². The first-order chi connectivity index (χ1) is 11.6. The van der Waals surface area contributed by atoms with Gasteiger partial charge in [0.1, 0.15) is 0 Å². The molecule has 0 radical (unpaired) electrons. The maximum Gasteiger partial charge on any atom is 0.305 e. The quantitative estimate of drug-likeness (QED) is 0.402. The molecule has 0 spiro atoms. The fraction of sp³-hybridized carbons (Fsp3) is 0.579. The van der Waals surface area contributed by atoms with E-state index in [1.165, 1.54) is 0 Å². The Morgan fingerprint density at radius 2 is 1.58 bits per heavy atom. The lowest BCUT2D eigenvalue weighted by Gasteiger charge is -2.07. The summed E-state index contributed by atoms with van der Waals surface area (Å²) in [4.78, 5) is 23.1. The van der Waals surface area contributed by atoms with Gasteiger partial charge in [-0.3, -0.25) is 9.59 Å². The molecule has 1 aromatic rings. The number of ether oxygens (including phenoxy) is 2. The van der Waals surface area contributed by atoms with Crippen LogP contribution < -0.4 is 0 Å². The highest BCUT2D eigenvalue weighted by Gasteiger charge is 2.08. The minimum absolute atomic E-state index is 0.230. The molecule has 0 aliphatic rings. The van der Waals surface area contributed by atoms with Gasteiger partial charge in [0.2, 0.25) is 0 Å². The average Bonchev–Trinajstić information content (AvgIpc) is 2.56. The van der Waals surface area contributed by atoms with Crippen molar-refractivity contribution in [1.29, 1.82) is 0 Å². The summed E-state index contributed by atoms with van der Waals surface area (Å²) in [5, 5.41) is 0.676. The Labute approximate surface area is 149 Å². The van der Waals surface area contributed by atoms with E-state index < -0.39 is 0 Å². The molecule has 0 fully saturated rings. The Kier molecular flexibility index (Phi) is 10.9. The van der Waals surface area contributed by atoms with E-state index in [1.54, 1.807) is 0 Å². The van der Waals surface area contributed by atoms with Crippen LogP contribution in [0, 0.1) is 0 Å². The molecule has 4 nitrogen and oxygen atoms in total. The number of carbonyl (C=O) groups is 2. The van der Waals surface area contributed by atoms with Gasteiger partial charge in [-0.1, -0.05) is 56.0 Å². The van der Waals surface area contributed by atoms with Crippen molar-refractivity contribution in [2.75, 3.05) is 13.2 Å². The molecule has 1 aromatic carbocycles. The van der Waals surface area contributed by atoms with E-state index >= 15 is 0 Å². The van der Waals surface area contributed by atoms with Crippen LogP contribution in [0.5, 0.6) is 0 Å². The molecular formula is C19H27ClO4. The Morgan fingerprint density at radius 1 is 0.917 bits per heavy atom. The number of benzene rings is 1. The molecule has 0 saturated carbocycles. The summed E-state index contributed by atoms with van der Waals surface area (Å²) >= 11 is 6.04. The summed E-state index contributed by atoms with van der Waals surface area (Å²) < 4.78 is 10.3. The van der Waals surface area contributed by atoms with Crippen LogP contribution in [-0.4, -0.2) is 25.2 Å². The number of halogens is 1. The van der Waals surface area contributed by atoms with Crippen LogP contribution in [0.2, 0.25) is 5.02 Å². The van der Waals surface area contributed by atoms with E-state index in [2.05, 4.69) is 6.92 Å². The molecule has 0 aromatic heterocycles. The van der Waals surface area contributed by atoms with Crippen LogP contribution in [0.3, 0.4) is 0 Å². The molecule has 0 bridgehead atoms. The van der Waals surface area contributed by atoms with E-state index in [0.717, 1.165) is 31.2 Å². The zero-order chi connectivity index (χ0) is 17.6. The third-order valence-electron chi connectivity index (χ3n) is 3.62. The van der Waals surface area contributed by atoms with E-state index in [-0.39, 0.29) is 24.8 Å². The summed E-state index contributed by atoms with van der Waals surface area (Å²) in [5.74, 6) is -0.534. The molecule has 5 heteroatoms. The van der Waals surface area contributed by atoms with Crippen LogP contribution in [0.25, 0.3) is 0 Å². The van der Waals surface area contributed by atoms with E-state index in [1.807, 2.05) is 24.3 Å². The molecule has 0 heterocycles. The zero-order valence-corrected chi connectivity index (χ0v) is 15.1. The highest BCUT2D eigenvalue weighted by molar-refractivity contribution is 6.31. The lowest BCUT2D eigenvalue weighted by molar-refractivity contribution is -0.145. The Balaban J connectivity index is 2.03. The van der Waals surface area contributed by atoms with E-state index in [9.17, 15) is 9.59 Å². The maximum atomic E-state index is 11.6. The third kappa shape index (κ3) is 9.56. The second-order valence-corrected chi connectivity index (χ2v) is 6.10. The first-order valence-corrected chi connectivity index (χ1v) is 9.06. The van der Waals surface area contributed by atoms with Gasteiger partial charge in [-0.05, 0) is 24.5 Å². The van der Waals surface area contributed by atoms with Gasteiger partial charge in [-0.15, -0.1) is 0 Å². The summed E-state index contributed by atoms with van der Waals surface area (Å²) in [6.45, 7) is 2.91. The van der Waals surface area contributed by atoms with Crippen molar-refractivity contribution in [1.82, 2.24) is 0 Å². The van der Waals surface area contributed by atoms with Crippen LogP contribution in [0.15, 0.2) is 24.3 Å². The van der Waals surface area contributed by atoms with Crippen LogP contribution in [-0.2, 0) is 25.5 Å². The first-order valence-electron chi connectivity index (χ1n) is 8.68. The number of rotatable bonds is 12. The fourth-order valence-corrected chi connectivity index (χ4v) is 2.44. The molecule has 0 aliphatic carbocycles. The number of hydrogen-bond donors (Lipinski definition) is 0. The Morgan fingerprint density at radius 3 is 2.25 bits per heavy atom. The molecule has 134 valence electrons. The summed E-state index contributed by atoms with van der Waals surface area (Å²) in [6.07, 6.45) is 5.85. The second kappa shape index (κ2) is 12.8. The molecule has 1 rings (SSSR count). The van der Waals surface area contributed by atoms with Crippen molar-refractivity contribution in [3.8, 4) is 0 Å². The Hall–Kier alpha value is -1.55. The molecule has 0 unspecified atom stereocenters. The molecular weight excluding hydrogens is 328 g/mol. The van der Waals surface area contributed by atoms with Crippen molar-refractivity contribution in [2.45, 2.75) is 58.3 Å². The summed E-state index contributed by atoms with van der Waals surface area (Å²) in [6, 6.07) is 7.48. The van der Waals surface area contributed by atoms with Crippen LogP contribution in [0.1, 0.15) is 57.4 Å². The third-order valence-corrected chi connectivity index (χ3v) is 3.98. The van der Waals surface area contributed by atoms with Gasteiger partial charge in [-0.2, -0.15) is 0 Å². The van der Waals surface area contributed by atoms with Crippen molar-refractivity contribution in [3.63, 3.8) is 0 Å². The van der Waals surface area contributed by atoms with Gasteiger partial charge in [0.15, 0.2) is 0 Å². The molecule has 0 atom stereocenters. The normalized spacial score (nSPS) is 10.4. The van der Waals surface area contributed by atoms with Crippen molar-refractivity contribution in [3.05, 3.63) is 34.9 Å². The van der Waals surface area contributed by atoms with Gasteiger partial charge in [-0.25, -0.2) is 0 Å². The van der Waals surface area contributed by atoms with Gasteiger partial charge in [0.25, 0.3) is 0 Å². The number of carbonyl (C=O) groups excluding carboxylic acids is 2. The molecule has 0 saturated heterocycles. The van der Waals surface area contributed by atoms with Crippen LogP contribution >= 0.6 is 11.6 Å². The van der Waals surface area contributed by atoms with Crippen molar-refractivity contribution >= 4 is 23.5 Å². The largest absolute Gasteiger partial charge is 0.466 e. The predicted octanol–water partition coefficient (Wildman–Crippen LogP) is 4.72. The number of unbranched alkanes of at least 4 members (excludes halogenated alkanes) is 3. The SMILES string of the molecule is CCCCCCOC(=O)CCCC(=O)OCCc1ccccc1Cl. The number of esters is 2. The number of hydrogen-bond acceptors (Lipinski definition) is 4. The topological polar surface area (TPSA) is 52.6 Å². The van der Waals surface area contributed by atoms with Gasteiger partial charge < -0.3 is 9.47 Å². The summed E-state index contributed by atoms with van der Waals surface area (Å²) in [7, 11) is 0. The Bertz CT molecular complexity index is 502. The highest BCUT2D eigenvalue weighted by Crippen LogP contribution is 2.15. The van der Waals surface area contributed by atoms with Crippen LogP contribution in [0.4, 0.5) is 0 Å². The fourth-order valence-electron chi connectivity index (χ4n) is 2.21. The maximum absolute atomic E-state index is 11.6. The minimum Gasteiger partial charge on any atom is -0.466 e. The molecule has 0 amide bonds. The predicted molar refractivity (Wildman–Crippen MR) is 95.1 cm³/mol. The zero-order valence-electron chi connectivity index (χ0n) is 14.4. The first kappa shape index (κ1) is 20.5. The molecule has 24 heavy (non-hydrogen) atoms. The monoisotopic (exact) mass is 354 g/mol. The standard InChI is InChI=1S/C19H27ClO4/c1-2-3-4-7-14-23-18(21)11-8-12-19(22)24-15-13-16-9-5-6-10-17(16)20/h5-6,9-10H,2-4,7-8,11-15H2,1H3.